The Morgan fingerprint density at radius 2 is 1.67 bits per heavy atom. The van der Waals surface area contributed by atoms with Gasteiger partial charge in [-0.05, 0) is 57.8 Å². The Labute approximate surface area is 113 Å². The van der Waals surface area contributed by atoms with Crippen molar-refractivity contribution < 1.29 is 8.85 Å². The molecule has 0 saturated carbocycles. The molecular weight excluding hydrogens is 258 g/mol. The lowest BCUT2D eigenvalue weighted by Gasteiger charge is -2.24. The molecule has 0 saturated heterocycles. The van der Waals surface area contributed by atoms with Gasteiger partial charge in [0.15, 0.2) is 14.2 Å². The highest BCUT2D eigenvalue weighted by atomic mass is 28.4. The van der Waals surface area contributed by atoms with Gasteiger partial charge in [0, 0.05) is 12.3 Å². The molecule has 0 fully saturated rings. The summed E-state index contributed by atoms with van der Waals surface area (Å²) in [6.07, 6.45) is 1.90. The van der Waals surface area contributed by atoms with Crippen molar-refractivity contribution in [1.82, 2.24) is 4.98 Å². The molecule has 1 aromatic heterocycles. The van der Waals surface area contributed by atoms with E-state index in [0.717, 1.165) is 11.4 Å². The SMILES string of the molecule is CC(O[Si](C)(C)C)c1ccnc(O[Si](C)(C)C)c1. The van der Waals surface area contributed by atoms with Crippen LogP contribution in [0, 0.1) is 0 Å². The summed E-state index contributed by atoms with van der Waals surface area (Å²) in [7, 11) is -3.12. The molecule has 102 valence electrons. The van der Waals surface area contributed by atoms with Gasteiger partial charge in [-0.3, -0.25) is 0 Å². The molecule has 0 aliphatic rings. The highest BCUT2D eigenvalue weighted by Crippen LogP contribution is 2.24. The minimum absolute atomic E-state index is 0.101. The second-order valence-electron chi connectivity index (χ2n) is 6.51. The van der Waals surface area contributed by atoms with Crippen molar-refractivity contribution in [2.75, 3.05) is 0 Å². The molecule has 0 aliphatic heterocycles. The molecule has 1 unspecified atom stereocenters. The number of pyridine rings is 1. The Balaban J connectivity index is 2.82. The summed E-state index contributed by atoms with van der Waals surface area (Å²) in [6, 6.07) is 4.00. The third-order valence-corrected chi connectivity index (χ3v) is 4.05. The molecule has 3 nitrogen and oxygen atoms in total. The average molecular weight is 284 g/mol. The fourth-order valence-electron chi connectivity index (χ4n) is 1.65. The van der Waals surface area contributed by atoms with E-state index in [2.05, 4.69) is 51.2 Å². The number of rotatable bonds is 5. The van der Waals surface area contributed by atoms with E-state index in [0.29, 0.717) is 0 Å². The first kappa shape index (κ1) is 15.4. The van der Waals surface area contributed by atoms with Crippen molar-refractivity contribution in [3.63, 3.8) is 0 Å². The van der Waals surface area contributed by atoms with Crippen LogP contribution in [0.15, 0.2) is 18.3 Å². The average Bonchev–Trinajstić information content (AvgIpc) is 2.12. The molecule has 1 atom stereocenters. The summed E-state index contributed by atoms with van der Waals surface area (Å²) in [5, 5.41) is 0. The molecule has 0 bridgehead atoms. The van der Waals surface area contributed by atoms with Crippen LogP contribution in [0.3, 0.4) is 0 Å². The molecule has 0 aliphatic carbocycles. The fourth-order valence-corrected chi connectivity index (χ4v) is 3.58. The number of nitrogens with zero attached hydrogens (tertiary/aromatic N) is 1. The summed E-state index contributed by atoms with van der Waals surface area (Å²) in [6.45, 7) is 15.2. The van der Waals surface area contributed by atoms with Gasteiger partial charge in [-0.2, -0.15) is 0 Å². The first-order chi connectivity index (χ1) is 8.07. The zero-order chi connectivity index (χ0) is 14.0. The number of aromatic nitrogens is 1. The Morgan fingerprint density at radius 3 is 2.17 bits per heavy atom. The Bertz CT molecular complexity index is 397. The predicted octanol–water partition coefficient (Wildman–Crippen LogP) is 4.21. The normalized spacial score (nSPS) is 14.4. The van der Waals surface area contributed by atoms with Crippen LogP contribution in [-0.2, 0) is 4.43 Å². The first-order valence-corrected chi connectivity index (χ1v) is 13.2. The van der Waals surface area contributed by atoms with Crippen LogP contribution >= 0.6 is 0 Å². The lowest BCUT2D eigenvalue weighted by atomic mass is 10.2. The number of hydrogen-bond donors (Lipinski definition) is 0. The second-order valence-corrected chi connectivity index (χ2v) is 15.4. The van der Waals surface area contributed by atoms with Crippen LogP contribution in [-0.4, -0.2) is 21.6 Å². The van der Waals surface area contributed by atoms with Gasteiger partial charge < -0.3 is 8.85 Å². The van der Waals surface area contributed by atoms with E-state index in [1.807, 2.05) is 12.1 Å². The molecule has 5 heteroatoms. The highest BCUT2D eigenvalue weighted by molar-refractivity contribution is 6.70. The van der Waals surface area contributed by atoms with Gasteiger partial charge in [0.1, 0.15) is 0 Å². The molecule has 18 heavy (non-hydrogen) atoms. The van der Waals surface area contributed by atoms with Crippen molar-refractivity contribution in [2.45, 2.75) is 52.3 Å². The minimum Gasteiger partial charge on any atom is -0.531 e. The van der Waals surface area contributed by atoms with Crippen LogP contribution in [0.25, 0.3) is 0 Å². The Morgan fingerprint density at radius 1 is 1.06 bits per heavy atom. The van der Waals surface area contributed by atoms with E-state index >= 15 is 0 Å². The van der Waals surface area contributed by atoms with Gasteiger partial charge >= 0.3 is 0 Å². The van der Waals surface area contributed by atoms with Crippen molar-refractivity contribution >= 4 is 16.6 Å². The van der Waals surface area contributed by atoms with Gasteiger partial charge in [0.2, 0.25) is 8.32 Å². The maximum Gasteiger partial charge on any atom is 0.244 e. The van der Waals surface area contributed by atoms with E-state index in [9.17, 15) is 0 Å². The first-order valence-electron chi connectivity index (χ1n) is 6.40. The summed E-state index contributed by atoms with van der Waals surface area (Å²) >= 11 is 0. The predicted molar refractivity (Wildman–Crippen MR) is 81.1 cm³/mol. The summed E-state index contributed by atoms with van der Waals surface area (Å²) in [5.74, 6) is 0.720. The molecular formula is C13H25NO2Si2. The molecule has 0 radical (unpaired) electrons. The zero-order valence-electron chi connectivity index (χ0n) is 12.6. The van der Waals surface area contributed by atoms with Crippen molar-refractivity contribution in [3.05, 3.63) is 23.9 Å². The fraction of sp³-hybridized carbons (Fsp3) is 0.615. The molecule has 0 amide bonds. The van der Waals surface area contributed by atoms with Gasteiger partial charge in [0.25, 0.3) is 0 Å². The third-order valence-electron chi connectivity index (χ3n) is 2.17. The summed E-state index contributed by atoms with van der Waals surface area (Å²) in [5.41, 5.74) is 1.14. The van der Waals surface area contributed by atoms with Crippen LogP contribution in [0.2, 0.25) is 39.3 Å². The molecule has 0 N–H and O–H groups in total. The maximum atomic E-state index is 6.08. The van der Waals surface area contributed by atoms with E-state index < -0.39 is 16.6 Å². The zero-order valence-corrected chi connectivity index (χ0v) is 14.6. The smallest absolute Gasteiger partial charge is 0.244 e. The van der Waals surface area contributed by atoms with Crippen molar-refractivity contribution in [3.8, 4) is 5.88 Å². The molecule has 1 aromatic rings. The quantitative estimate of drug-likeness (QED) is 0.759. The van der Waals surface area contributed by atoms with E-state index in [4.69, 9.17) is 8.85 Å². The van der Waals surface area contributed by atoms with E-state index in [1.54, 1.807) is 6.20 Å². The van der Waals surface area contributed by atoms with Crippen molar-refractivity contribution in [1.29, 1.82) is 0 Å². The lowest BCUT2D eigenvalue weighted by Crippen LogP contribution is -2.30. The molecule has 1 heterocycles. The summed E-state index contributed by atoms with van der Waals surface area (Å²) < 4.78 is 12.0. The van der Waals surface area contributed by atoms with Gasteiger partial charge in [-0.15, -0.1) is 0 Å². The van der Waals surface area contributed by atoms with Gasteiger partial charge in [-0.1, -0.05) is 0 Å². The third kappa shape index (κ3) is 5.79. The van der Waals surface area contributed by atoms with Crippen LogP contribution < -0.4 is 4.43 Å². The molecule has 0 aromatic carbocycles. The van der Waals surface area contributed by atoms with Crippen LogP contribution in [0.5, 0.6) is 5.88 Å². The molecule has 0 spiro atoms. The van der Waals surface area contributed by atoms with Crippen molar-refractivity contribution in [2.24, 2.45) is 0 Å². The largest absolute Gasteiger partial charge is 0.531 e. The minimum atomic E-state index is -1.60. The molecule has 1 rings (SSSR count). The maximum absolute atomic E-state index is 6.08. The topological polar surface area (TPSA) is 31.4 Å². The van der Waals surface area contributed by atoms with Gasteiger partial charge in [-0.25, -0.2) is 4.98 Å². The Kier molecular flexibility index (Phi) is 4.74. The van der Waals surface area contributed by atoms with Gasteiger partial charge in [0.05, 0.1) is 6.10 Å². The summed E-state index contributed by atoms with van der Waals surface area (Å²) in [4.78, 5) is 4.27. The number of hydrogen-bond acceptors (Lipinski definition) is 3. The second kappa shape index (κ2) is 5.54. The van der Waals surface area contributed by atoms with Crippen LogP contribution in [0.4, 0.5) is 0 Å². The van der Waals surface area contributed by atoms with Crippen LogP contribution in [0.1, 0.15) is 18.6 Å². The highest BCUT2D eigenvalue weighted by Gasteiger charge is 2.21. The van der Waals surface area contributed by atoms with E-state index in [-0.39, 0.29) is 6.10 Å². The van der Waals surface area contributed by atoms with E-state index in [1.165, 1.54) is 0 Å². The monoisotopic (exact) mass is 283 g/mol. The Hall–Kier alpha value is -0.656. The standard InChI is InChI=1S/C13H25NO2Si2/c1-11(15-17(2,3)4)12-8-9-14-13(10-12)16-18(5,6)7/h8-11H,1-7H3. The lowest BCUT2D eigenvalue weighted by molar-refractivity contribution is 0.218.